The first-order valence-corrected chi connectivity index (χ1v) is 10.6. The summed E-state index contributed by atoms with van der Waals surface area (Å²) in [5.74, 6) is -0.497. The largest absolute Gasteiger partial charge is 0.371 e. The summed E-state index contributed by atoms with van der Waals surface area (Å²) in [6.45, 7) is 4.60. The van der Waals surface area contributed by atoms with Gasteiger partial charge in [-0.05, 0) is 47.2 Å². The summed E-state index contributed by atoms with van der Waals surface area (Å²) >= 11 is 0. The number of carbonyl (C=O) groups is 1. The van der Waals surface area contributed by atoms with Crippen molar-refractivity contribution in [2.45, 2.75) is 37.1 Å². The van der Waals surface area contributed by atoms with Crippen LogP contribution in [0.3, 0.4) is 0 Å². The van der Waals surface area contributed by atoms with Crippen molar-refractivity contribution in [2.24, 2.45) is 5.11 Å². The van der Waals surface area contributed by atoms with Gasteiger partial charge in [-0.3, -0.25) is 4.79 Å². The van der Waals surface area contributed by atoms with Crippen molar-refractivity contribution in [3.63, 3.8) is 0 Å². The van der Waals surface area contributed by atoms with E-state index < -0.39 is 18.2 Å². The Morgan fingerprint density at radius 2 is 2.09 bits per heavy atom. The van der Waals surface area contributed by atoms with E-state index in [0.717, 1.165) is 17.5 Å². The Balaban J connectivity index is 1.61. The summed E-state index contributed by atoms with van der Waals surface area (Å²) in [6, 6.07) is 13.4. The average molecular weight is 436 g/mol. The van der Waals surface area contributed by atoms with E-state index in [-0.39, 0.29) is 30.8 Å². The van der Waals surface area contributed by atoms with E-state index in [1.807, 2.05) is 18.2 Å². The second-order valence-electron chi connectivity index (χ2n) is 7.92. The van der Waals surface area contributed by atoms with E-state index in [9.17, 15) is 9.18 Å². The zero-order chi connectivity index (χ0) is 22.5. The van der Waals surface area contributed by atoms with Crippen LogP contribution in [0.5, 0.6) is 0 Å². The van der Waals surface area contributed by atoms with Gasteiger partial charge in [-0.15, -0.1) is 6.58 Å². The van der Waals surface area contributed by atoms with Crippen molar-refractivity contribution in [3.8, 4) is 0 Å². The number of halogens is 1. The smallest absolute Gasteiger partial charge is 0.252 e. The van der Waals surface area contributed by atoms with Crippen LogP contribution in [-0.4, -0.2) is 48.8 Å². The monoisotopic (exact) mass is 436 g/mol. The molecule has 0 spiro atoms. The highest BCUT2D eigenvalue weighted by Gasteiger charge is 2.40. The van der Waals surface area contributed by atoms with Crippen LogP contribution in [0.25, 0.3) is 10.4 Å². The molecule has 0 aliphatic carbocycles. The predicted molar refractivity (Wildman–Crippen MR) is 117 cm³/mol. The number of fused-ring (bicyclic) bond motifs is 1. The molecule has 0 saturated carbocycles. The van der Waals surface area contributed by atoms with Crippen LogP contribution in [-0.2, 0) is 20.7 Å². The van der Waals surface area contributed by atoms with E-state index in [0.29, 0.717) is 13.2 Å². The first-order chi connectivity index (χ1) is 15.6. The average Bonchev–Trinajstić information content (AvgIpc) is 2.83. The molecule has 0 radical (unpaired) electrons. The van der Waals surface area contributed by atoms with Crippen molar-refractivity contribution in [1.82, 2.24) is 4.90 Å². The number of carbonyl (C=O) groups excluding carboxylic acids is 1. The lowest BCUT2D eigenvalue weighted by molar-refractivity contribution is -0.157. The molecule has 2 heterocycles. The highest BCUT2D eigenvalue weighted by molar-refractivity contribution is 5.82. The van der Waals surface area contributed by atoms with Crippen molar-refractivity contribution in [2.75, 3.05) is 19.8 Å². The number of benzene rings is 2. The molecular weight excluding hydrogens is 411 g/mol. The van der Waals surface area contributed by atoms with Crippen LogP contribution in [0.1, 0.15) is 29.2 Å². The molecule has 0 aromatic heterocycles. The predicted octanol–water partition coefficient (Wildman–Crippen LogP) is 4.34. The maximum atomic E-state index is 13.6. The second kappa shape index (κ2) is 9.96. The lowest BCUT2D eigenvalue weighted by Crippen LogP contribution is -2.51. The Bertz CT molecular complexity index is 1020. The summed E-state index contributed by atoms with van der Waals surface area (Å²) in [6.07, 6.45) is 1.39. The number of ether oxygens (including phenoxy) is 2. The van der Waals surface area contributed by atoms with Gasteiger partial charge in [-0.25, -0.2) is 4.39 Å². The number of amides is 1. The molecule has 4 atom stereocenters. The maximum Gasteiger partial charge on any atom is 0.252 e. The molecule has 2 aromatic carbocycles. The van der Waals surface area contributed by atoms with Crippen LogP contribution in [0.2, 0.25) is 0 Å². The number of rotatable bonds is 6. The van der Waals surface area contributed by atoms with Crippen LogP contribution in [0, 0.1) is 5.82 Å². The number of hydrogen-bond acceptors (Lipinski definition) is 4. The molecule has 1 fully saturated rings. The Kier molecular flexibility index (Phi) is 6.85. The van der Waals surface area contributed by atoms with E-state index in [2.05, 4.69) is 22.7 Å². The fraction of sp³-hybridized carbons (Fsp3) is 0.375. The maximum absolute atomic E-state index is 13.6. The third kappa shape index (κ3) is 4.53. The summed E-state index contributed by atoms with van der Waals surface area (Å²) < 4.78 is 25.1. The summed E-state index contributed by atoms with van der Waals surface area (Å²) in [5, 5.41) is 3.85. The van der Waals surface area contributed by atoms with Gasteiger partial charge < -0.3 is 14.4 Å². The topological polar surface area (TPSA) is 87.5 Å². The molecule has 1 amide bonds. The van der Waals surface area contributed by atoms with Crippen LogP contribution < -0.4 is 0 Å². The molecule has 32 heavy (non-hydrogen) atoms. The summed E-state index contributed by atoms with van der Waals surface area (Å²) in [5.41, 5.74) is 12.0. The molecule has 1 saturated heterocycles. The lowest BCUT2D eigenvalue weighted by atomic mass is 9.87. The van der Waals surface area contributed by atoms with E-state index in [1.165, 1.54) is 17.7 Å². The Hall–Kier alpha value is -3.19. The third-order valence-corrected chi connectivity index (χ3v) is 6.00. The molecule has 2 aromatic rings. The van der Waals surface area contributed by atoms with E-state index >= 15 is 0 Å². The summed E-state index contributed by atoms with van der Waals surface area (Å²) in [4.78, 5) is 18.3. The van der Waals surface area contributed by atoms with Crippen molar-refractivity contribution in [3.05, 3.63) is 94.1 Å². The van der Waals surface area contributed by atoms with Gasteiger partial charge in [0.05, 0.1) is 31.4 Å². The summed E-state index contributed by atoms with van der Waals surface area (Å²) in [7, 11) is 0. The Morgan fingerprint density at radius 1 is 1.31 bits per heavy atom. The molecule has 166 valence electrons. The van der Waals surface area contributed by atoms with E-state index in [4.69, 9.17) is 15.0 Å². The van der Waals surface area contributed by atoms with Crippen molar-refractivity contribution >= 4 is 5.91 Å². The minimum atomic E-state index is -0.748. The molecule has 1 unspecified atom stereocenters. The van der Waals surface area contributed by atoms with Gasteiger partial charge in [0, 0.05) is 11.5 Å². The Labute approximate surface area is 186 Å². The SMILES string of the molecule is C=CCO[C@H]1CO[C@@H](C(=O)N2CCc3ccccc3[C@@H]2c2ccc(F)cc2)CC1N=[N+]=[N-]. The highest BCUT2D eigenvalue weighted by Crippen LogP contribution is 2.36. The van der Waals surface area contributed by atoms with Crippen LogP contribution in [0.15, 0.2) is 66.3 Å². The first kappa shape index (κ1) is 22.0. The fourth-order valence-electron chi connectivity index (χ4n) is 4.47. The van der Waals surface area contributed by atoms with Gasteiger partial charge in [0.15, 0.2) is 0 Å². The second-order valence-corrected chi connectivity index (χ2v) is 7.92. The molecule has 4 rings (SSSR count). The molecule has 2 aliphatic heterocycles. The molecule has 0 N–H and O–H groups in total. The molecule has 0 bridgehead atoms. The first-order valence-electron chi connectivity index (χ1n) is 10.6. The minimum Gasteiger partial charge on any atom is -0.371 e. The van der Waals surface area contributed by atoms with Gasteiger partial charge in [0.1, 0.15) is 11.9 Å². The third-order valence-electron chi connectivity index (χ3n) is 6.00. The molecule has 8 heteroatoms. The minimum absolute atomic E-state index is 0.152. The zero-order valence-corrected chi connectivity index (χ0v) is 17.6. The number of hydrogen-bond donors (Lipinski definition) is 0. The van der Waals surface area contributed by atoms with E-state index in [1.54, 1.807) is 23.1 Å². The Morgan fingerprint density at radius 3 is 2.84 bits per heavy atom. The molecule has 2 aliphatic rings. The van der Waals surface area contributed by atoms with Crippen LogP contribution in [0.4, 0.5) is 4.39 Å². The van der Waals surface area contributed by atoms with Crippen LogP contribution >= 0.6 is 0 Å². The number of nitrogens with zero attached hydrogens (tertiary/aromatic N) is 4. The lowest BCUT2D eigenvalue weighted by Gasteiger charge is -2.41. The van der Waals surface area contributed by atoms with Gasteiger partial charge >= 0.3 is 0 Å². The van der Waals surface area contributed by atoms with Gasteiger partial charge in [0.2, 0.25) is 0 Å². The normalized spacial score (nSPS) is 24.8. The molecule has 7 nitrogen and oxygen atoms in total. The molecular formula is C24H25FN4O3. The zero-order valence-electron chi connectivity index (χ0n) is 17.6. The fourth-order valence-corrected chi connectivity index (χ4v) is 4.47. The standard InChI is InChI=1S/C24H25FN4O3/c1-2-13-31-22-15-32-21(14-20(22)27-28-26)24(30)29-12-11-16-5-3-4-6-19(16)23(29)17-7-9-18(25)10-8-17/h2-10,20-23H,1,11-15H2/t20?,21-,22+,23+/m1/s1. The van der Waals surface area contributed by atoms with Gasteiger partial charge in [0.25, 0.3) is 5.91 Å². The van der Waals surface area contributed by atoms with Gasteiger partial charge in [-0.1, -0.05) is 47.6 Å². The number of azide groups is 1. The van der Waals surface area contributed by atoms with Crippen molar-refractivity contribution in [1.29, 1.82) is 0 Å². The van der Waals surface area contributed by atoms with Gasteiger partial charge in [-0.2, -0.15) is 0 Å². The quantitative estimate of drug-likeness (QED) is 0.292. The highest BCUT2D eigenvalue weighted by atomic mass is 19.1. The van der Waals surface area contributed by atoms with Crippen molar-refractivity contribution < 1.29 is 18.7 Å².